The number of hydrogen-bond acceptors (Lipinski definition) is 5. The molecule has 0 aliphatic rings. The molecule has 1 heterocycles. The quantitative estimate of drug-likeness (QED) is 0.564. The van der Waals surface area contributed by atoms with Crippen molar-refractivity contribution < 1.29 is 18.6 Å². The standard InChI is InChI=1S/C15H27NO4/c1-3-7-16-12-14-5-6-15(20-14)13-19-11-10-18-9-4-8-17-2/h5-6,16H,3-4,7-13H2,1-2H3. The van der Waals surface area contributed by atoms with Crippen LogP contribution < -0.4 is 5.32 Å². The van der Waals surface area contributed by atoms with Crippen LogP contribution >= 0.6 is 0 Å². The van der Waals surface area contributed by atoms with Crippen LogP contribution in [-0.4, -0.2) is 40.1 Å². The van der Waals surface area contributed by atoms with Crippen molar-refractivity contribution >= 4 is 0 Å². The normalized spacial score (nSPS) is 11.1. The lowest BCUT2D eigenvalue weighted by Crippen LogP contribution is -2.13. The van der Waals surface area contributed by atoms with E-state index in [2.05, 4.69) is 12.2 Å². The van der Waals surface area contributed by atoms with Crippen LogP contribution in [0.15, 0.2) is 16.5 Å². The van der Waals surface area contributed by atoms with E-state index in [9.17, 15) is 0 Å². The molecule has 20 heavy (non-hydrogen) atoms. The highest BCUT2D eigenvalue weighted by Crippen LogP contribution is 2.08. The molecule has 0 aromatic carbocycles. The minimum absolute atomic E-state index is 0.495. The van der Waals surface area contributed by atoms with Gasteiger partial charge in [0.25, 0.3) is 0 Å². The lowest BCUT2D eigenvalue weighted by atomic mass is 10.4. The Bertz CT molecular complexity index is 327. The molecule has 0 bridgehead atoms. The molecule has 0 radical (unpaired) electrons. The fourth-order valence-corrected chi connectivity index (χ4v) is 1.68. The Hall–Kier alpha value is -0.880. The number of methoxy groups -OCH3 is 1. The van der Waals surface area contributed by atoms with Crippen molar-refractivity contribution in [2.45, 2.75) is 32.9 Å². The molecule has 5 heteroatoms. The van der Waals surface area contributed by atoms with Gasteiger partial charge in [-0.15, -0.1) is 0 Å². The highest BCUT2D eigenvalue weighted by molar-refractivity contribution is 5.06. The number of ether oxygens (including phenoxy) is 3. The topological polar surface area (TPSA) is 52.9 Å². The molecule has 0 unspecified atom stereocenters. The van der Waals surface area contributed by atoms with Gasteiger partial charge in [0.1, 0.15) is 18.1 Å². The van der Waals surface area contributed by atoms with E-state index < -0.39 is 0 Å². The van der Waals surface area contributed by atoms with Gasteiger partial charge in [-0.2, -0.15) is 0 Å². The third-order valence-electron chi connectivity index (χ3n) is 2.70. The summed E-state index contributed by atoms with van der Waals surface area (Å²) in [5.74, 6) is 1.81. The van der Waals surface area contributed by atoms with Crippen LogP contribution in [0.2, 0.25) is 0 Å². The van der Waals surface area contributed by atoms with E-state index in [0.29, 0.717) is 26.4 Å². The molecule has 5 nitrogen and oxygen atoms in total. The van der Waals surface area contributed by atoms with Gasteiger partial charge in [-0.05, 0) is 31.5 Å². The number of furan rings is 1. The third kappa shape index (κ3) is 8.32. The van der Waals surface area contributed by atoms with Gasteiger partial charge in [-0.1, -0.05) is 6.92 Å². The maximum Gasteiger partial charge on any atom is 0.129 e. The molecule has 116 valence electrons. The second-order valence-electron chi connectivity index (χ2n) is 4.56. The summed E-state index contributed by atoms with van der Waals surface area (Å²) in [5, 5.41) is 3.30. The monoisotopic (exact) mass is 285 g/mol. The van der Waals surface area contributed by atoms with Gasteiger partial charge in [0.05, 0.1) is 19.8 Å². The molecule has 0 atom stereocenters. The Morgan fingerprint density at radius 3 is 2.65 bits per heavy atom. The Kier molecular flexibility index (Phi) is 10.2. The maximum atomic E-state index is 5.65. The van der Waals surface area contributed by atoms with Crippen LogP contribution in [0.25, 0.3) is 0 Å². The molecule has 1 rings (SSSR count). The van der Waals surface area contributed by atoms with E-state index in [4.69, 9.17) is 18.6 Å². The van der Waals surface area contributed by atoms with E-state index in [-0.39, 0.29) is 0 Å². The zero-order valence-corrected chi connectivity index (χ0v) is 12.7. The highest BCUT2D eigenvalue weighted by atomic mass is 16.5. The molecule has 0 saturated carbocycles. The molecular weight excluding hydrogens is 258 g/mol. The van der Waals surface area contributed by atoms with Crippen LogP contribution in [0.1, 0.15) is 31.3 Å². The van der Waals surface area contributed by atoms with Crippen LogP contribution in [0.3, 0.4) is 0 Å². The van der Waals surface area contributed by atoms with Crippen LogP contribution in [0, 0.1) is 0 Å². The molecule has 0 aliphatic heterocycles. The molecule has 0 spiro atoms. The first-order chi connectivity index (χ1) is 9.86. The average molecular weight is 285 g/mol. The summed E-state index contributed by atoms with van der Waals surface area (Å²) in [7, 11) is 1.69. The third-order valence-corrected chi connectivity index (χ3v) is 2.70. The average Bonchev–Trinajstić information content (AvgIpc) is 2.90. The SMILES string of the molecule is CCCNCc1ccc(COCCOCCCOC)o1. The number of hydrogen-bond donors (Lipinski definition) is 1. The van der Waals surface area contributed by atoms with E-state index in [0.717, 1.165) is 44.1 Å². The van der Waals surface area contributed by atoms with Gasteiger partial charge in [-0.3, -0.25) is 0 Å². The zero-order valence-electron chi connectivity index (χ0n) is 12.7. The lowest BCUT2D eigenvalue weighted by molar-refractivity contribution is 0.0284. The number of rotatable bonds is 13. The van der Waals surface area contributed by atoms with E-state index >= 15 is 0 Å². The van der Waals surface area contributed by atoms with Crippen molar-refractivity contribution in [3.05, 3.63) is 23.7 Å². The summed E-state index contributed by atoms with van der Waals surface area (Å²) in [6, 6.07) is 3.95. The first kappa shape index (κ1) is 17.2. The lowest BCUT2D eigenvalue weighted by Gasteiger charge is -2.04. The van der Waals surface area contributed by atoms with E-state index in [1.54, 1.807) is 7.11 Å². The first-order valence-electron chi connectivity index (χ1n) is 7.29. The van der Waals surface area contributed by atoms with Gasteiger partial charge in [0.15, 0.2) is 0 Å². The second-order valence-corrected chi connectivity index (χ2v) is 4.56. The maximum absolute atomic E-state index is 5.65. The van der Waals surface area contributed by atoms with Crippen molar-refractivity contribution in [2.75, 3.05) is 40.1 Å². The fourth-order valence-electron chi connectivity index (χ4n) is 1.68. The van der Waals surface area contributed by atoms with Gasteiger partial charge >= 0.3 is 0 Å². The summed E-state index contributed by atoms with van der Waals surface area (Å²) < 4.78 is 21.5. The van der Waals surface area contributed by atoms with Crippen LogP contribution in [-0.2, 0) is 27.4 Å². The van der Waals surface area contributed by atoms with Gasteiger partial charge in [0.2, 0.25) is 0 Å². The molecular formula is C15H27NO4. The minimum Gasteiger partial charge on any atom is -0.462 e. The van der Waals surface area contributed by atoms with E-state index in [1.807, 2.05) is 12.1 Å². The predicted molar refractivity (Wildman–Crippen MR) is 77.7 cm³/mol. The Morgan fingerprint density at radius 1 is 1.05 bits per heavy atom. The molecule has 0 saturated heterocycles. The highest BCUT2D eigenvalue weighted by Gasteiger charge is 2.01. The Morgan fingerprint density at radius 2 is 1.85 bits per heavy atom. The summed E-state index contributed by atoms with van der Waals surface area (Å²) in [6.45, 7) is 7.06. The first-order valence-corrected chi connectivity index (χ1v) is 7.29. The summed E-state index contributed by atoms with van der Waals surface area (Å²) >= 11 is 0. The van der Waals surface area contributed by atoms with Gasteiger partial charge in [-0.25, -0.2) is 0 Å². The van der Waals surface area contributed by atoms with Gasteiger partial charge in [0, 0.05) is 20.3 Å². The molecule has 1 aromatic rings. The van der Waals surface area contributed by atoms with Gasteiger partial charge < -0.3 is 23.9 Å². The minimum atomic E-state index is 0.495. The van der Waals surface area contributed by atoms with Crippen molar-refractivity contribution in [3.63, 3.8) is 0 Å². The summed E-state index contributed by atoms with van der Waals surface area (Å²) in [4.78, 5) is 0. The largest absolute Gasteiger partial charge is 0.462 e. The fraction of sp³-hybridized carbons (Fsp3) is 0.733. The summed E-state index contributed by atoms with van der Waals surface area (Å²) in [5.41, 5.74) is 0. The van der Waals surface area contributed by atoms with Crippen molar-refractivity contribution in [3.8, 4) is 0 Å². The van der Waals surface area contributed by atoms with Crippen molar-refractivity contribution in [1.82, 2.24) is 5.32 Å². The predicted octanol–water partition coefficient (Wildman–Crippen LogP) is 2.35. The zero-order chi connectivity index (χ0) is 14.5. The molecule has 0 aliphatic carbocycles. The summed E-state index contributed by atoms with van der Waals surface area (Å²) in [6.07, 6.45) is 2.05. The van der Waals surface area contributed by atoms with Crippen LogP contribution in [0.5, 0.6) is 0 Å². The number of nitrogens with one attached hydrogen (secondary N) is 1. The molecule has 0 fully saturated rings. The second kappa shape index (κ2) is 11.9. The molecule has 1 aromatic heterocycles. The van der Waals surface area contributed by atoms with Crippen molar-refractivity contribution in [1.29, 1.82) is 0 Å². The molecule has 1 N–H and O–H groups in total. The molecule has 0 amide bonds. The Labute approximate surface area is 121 Å². The smallest absolute Gasteiger partial charge is 0.129 e. The van der Waals surface area contributed by atoms with Crippen molar-refractivity contribution in [2.24, 2.45) is 0 Å². The Balaban J connectivity index is 1.99. The van der Waals surface area contributed by atoms with E-state index in [1.165, 1.54) is 0 Å². The van der Waals surface area contributed by atoms with Crippen LogP contribution in [0.4, 0.5) is 0 Å².